The highest BCUT2D eigenvalue weighted by molar-refractivity contribution is 5.85. The first-order chi connectivity index (χ1) is 10.9. The van der Waals surface area contributed by atoms with E-state index in [1.807, 2.05) is 19.1 Å². The van der Waals surface area contributed by atoms with E-state index in [2.05, 4.69) is 52.9 Å². The predicted octanol–water partition coefficient (Wildman–Crippen LogP) is 4.32. The number of aromatic amines is 1. The molecule has 2 N–H and O–H groups in total. The maximum atomic E-state index is 5.45. The Morgan fingerprint density at radius 3 is 2.61 bits per heavy atom. The van der Waals surface area contributed by atoms with E-state index in [4.69, 9.17) is 4.74 Å². The molecule has 0 aliphatic carbocycles. The van der Waals surface area contributed by atoms with Gasteiger partial charge in [-0.1, -0.05) is 30.3 Å². The predicted molar refractivity (Wildman–Crippen MR) is 98.6 cm³/mol. The molecule has 0 saturated carbocycles. The molecular weight excluding hydrogens is 308 g/mol. The van der Waals surface area contributed by atoms with Crippen LogP contribution in [0.4, 0.5) is 0 Å². The minimum absolute atomic E-state index is 0. The van der Waals surface area contributed by atoms with Gasteiger partial charge in [-0.05, 0) is 49.2 Å². The fourth-order valence-corrected chi connectivity index (χ4v) is 2.66. The molecule has 0 aliphatic rings. The second-order valence-electron chi connectivity index (χ2n) is 5.36. The highest BCUT2D eigenvalue weighted by atomic mass is 35.5. The van der Waals surface area contributed by atoms with Crippen LogP contribution in [0.2, 0.25) is 0 Å². The standard InChI is InChI=1S/C19H22N2O.ClH/c1-2-22-17-9-7-15(8-10-17)13-20-12-11-16-14-21-19-6-4-3-5-18(16)19;/h3-10,14,20-21H,2,11-13H2,1H3;1H. The molecule has 122 valence electrons. The zero-order valence-electron chi connectivity index (χ0n) is 13.3. The summed E-state index contributed by atoms with van der Waals surface area (Å²) in [6.07, 6.45) is 3.14. The summed E-state index contributed by atoms with van der Waals surface area (Å²) < 4.78 is 5.45. The Morgan fingerprint density at radius 1 is 1.04 bits per heavy atom. The summed E-state index contributed by atoms with van der Waals surface area (Å²) in [4.78, 5) is 3.32. The van der Waals surface area contributed by atoms with Crippen LogP contribution >= 0.6 is 12.4 Å². The fraction of sp³-hybridized carbons (Fsp3) is 0.263. The Labute approximate surface area is 143 Å². The van der Waals surface area contributed by atoms with Crippen molar-refractivity contribution >= 4 is 23.3 Å². The van der Waals surface area contributed by atoms with E-state index in [0.717, 1.165) is 25.3 Å². The number of hydrogen-bond donors (Lipinski definition) is 2. The highest BCUT2D eigenvalue weighted by Gasteiger charge is 2.02. The molecule has 1 aromatic heterocycles. The summed E-state index contributed by atoms with van der Waals surface area (Å²) in [6.45, 7) is 4.56. The van der Waals surface area contributed by atoms with E-state index in [1.165, 1.54) is 22.0 Å². The maximum absolute atomic E-state index is 5.45. The smallest absolute Gasteiger partial charge is 0.119 e. The summed E-state index contributed by atoms with van der Waals surface area (Å²) in [7, 11) is 0. The van der Waals surface area contributed by atoms with Crippen LogP contribution in [-0.2, 0) is 13.0 Å². The number of fused-ring (bicyclic) bond motifs is 1. The number of nitrogens with one attached hydrogen (secondary N) is 2. The molecule has 2 aromatic carbocycles. The van der Waals surface area contributed by atoms with Crippen molar-refractivity contribution in [2.45, 2.75) is 19.9 Å². The van der Waals surface area contributed by atoms with Crippen LogP contribution in [0.15, 0.2) is 54.7 Å². The minimum atomic E-state index is 0. The van der Waals surface area contributed by atoms with Crippen LogP contribution in [0.5, 0.6) is 5.75 Å². The van der Waals surface area contributed by atoms with E-state index < -0.39 is 0 Å². The van der Waals surface area contributed by atoms with Crippen LogP contribution in [0, 0.1) is 0 Å². The Hall–Kier alpha value is -1.97. The summed E-state index contributed by atoms with van der Waals surface area (Å²) >= 11 is 0. The largest absolute Gasteiger partial charge is 0.494 e. The lowest BCUT2D eigenvalue weighted by molar-refractivity contribution is 0.340. The van der Waals surface area contributed by atoms with Gasteiger partial charge in [0.25, 0.3) is 0 Å². The summed E-state index contributed by atoms with van der Waals surface area (Å²) in [5.41, 5.74) is 3.86. The van der Waals surface area contributed by atoms with Gasteiger partial charge in [-0.2, -0.15) is 0 Å². The Kier molecular flexibility index (Phi) is 6.51. The minimum Gasteiger partial charge on any atom is -0.494 e. The normalized spacial score (nSPS) is 10.5. The Balaban J connectivity index is 0.00000192. The number of hydrogen-bond acceptors (Lipinski definition) is 2. The van der Waals surface area contributed by atoms with Gasteiger partial charge in [-0.3, -0.25) is 0 Å². The first-order valence-electron chi connectivity index (χ1n) is 7.84. The average Bonchev–Trinajstić information content (AvgIpc) is 2.97. The van der Waals surface area contributed by atoms with Crippen molar-refractivity contribution < 1.29 is 4.74 Å². The second-order valence-corrected chi connectivity index (χ2v) is 5.36. The third kappa shape index (κ3) is 4.50. The molecule has 0 saturated heterocycles. The molecule has 0 fully saturated rings. The lowest BCUT2D eigenvalue weighted by Crippen LogP contribution is -2.16. The van der Waals surface area contributed by atoms with Crippen molar-refractivity contribution in [3.63, 3.8) is 0 Å². The maximum Gasteiger partial charge on any atom is 0.119 e. The molecule has 1 heterocycles. The van der Waals surface area contributed by atoms with Crippen molar-refractivity contribution in [1.82, 2.24) is 10.3 Å². The highest BCUT2D eigenvalue weighted by Crippen LogP contribution is 2.17. The molecular formula is C19H23ClN2O. The lowest BCUT2D eigenvalue weighted by atomic mass is 10.1. The van der Waals surface area contributed by atoms with Crippen molar-refractivity contribution in [3.8, 4) is 5.75 Å². The molecule has 3 rings (SSSR count). The summed E-state index contributed by atoms with van der Waals surface area (Å²) in [5.74, 6) is 0.935. The van der Waals surface area contributed by atoms with E-state index in [1.54, 1.807) is 0 Å². The molecule has 3 aromatic rings. The van der Waals surface area contributed by atoms with Gasteiger partial charge in [0.1, 0.15) is 5.75 Å². The molecule has 0 spiro atoms. The molecule has 0 unspecified atom stereocenters. The Bertz CT molecular complexity index is 722. The summed E-state index contributed by atoms with van der Waals surface area (Å²) in [5, 5.41) is 4.83. The number of benzene rings is 2. The van der Waals surface area contributed by atoms with Gasteiger partial charge in [-0.25, -0.2) is 0 Å². The zero-order chi connectivity index (χ0) is 15.2. The number of ether oxygens (including phenoxy) is 1. The van der Waals surface area contributed by atoms with Gasteiger partial charge < -0.3 is 15.0 Å². The average molecular weight is 331 g/mol. The van der Waals surface area contributed by atoms with Crippen LogP contribution < -0.4 is 10.1 Å². The van der Waals surface area contributed by atoms with Crippen molar-refractivity contribution in [2.24, 2.45) is 0 Å². The third-order valence-corrected chi connectivity index (χ3v) is 3.81. The monoisotopic (exact) mass is 330 g/mol. The number of para-hydroxylation sites is 1. The molecule has 4 heteroatoms. The van der Waals surface area contributed by atoms with E-state index in [0.29, 0.717) is 6.61 Å². The molecule has 0 radical (unpaired) electrons. The topological polar surface area (TPSA) is 37.0 Å². The van der Waals surface area contributed by atoms with Gasteiger partial charge in [0.05, 0.1) is 6.61 Å². The zero-order valence-corrected chi connectivity index (χ0v) is 14.2. The molecule has 0 aliphatic heterocycles. The van der Waals surface area contributed by atoms with Gasteiger partial charge in [-0.15, -0.1) is 12.4 Å². The Morgan fingerprint density at radius 2 is 1.83 bits per heavy atom. The molecule has 23 heavy (non-hydrogen) atoms. The SMILES string of the molecule is CCOc1ccc(CNCCc2c[nH]c3ccccc23)cc1.Cl. The van der Waals surface area contributed by atoms with Gasteiger partial charge in [0.15, 0.2) is 0 Å². The number of H-pyrrole nitrogens is 1. The molecule has 3 nitrogen and oxygen atoms in total. The molecule has 0 bridgehead atoms. The van der Waals surface area contributed by atoms with Crippen molar-refractivity contribution in [3.05, 3.63) is 65.9 Å². The van der Waals surface area contributed by atoms with Gasteiger partial charge in [0.2, 0.25) is 0 Å². The van der Waals surface area contributed by atoms with E-state index in [9.17, 15) is 0 Å². The molecule has 0 atom stereocenters. The van der Waals surface area contributed by atoms with Crippen LogP contribution in [0.1, 0.15) is 18.1 Å². The van der Waals surface area contributed by atoms with Gasteiger partial charge in [0, 0.05) is 23.6 Å². The van der Waals surface area contributed by atoms with Crippen LogP contribution in [0.25, 0.3) is 10.9 Å². The fourth-order valence-electron chi connectivity index (χ4n) is 2.66. The first kappa shape index (κ1) is 17.4. The molecule has 0 amide bonds. The van der Waals surface area contributed by atoms with E-state index >= 15 is 0 Å². The lowest BCUT2D eigenvalue weighted by Gasteiger charge is -2.06. The van der Waals surface area contributed by atoms with Crippen LogP contribution in [0.3, 0.4) is 0 Å². The summed E-state index contributed by atoms with van der Waals surface area (Å²) in [6, 6.07) is 16.7. The van der Waals surface area contributed by atoms with Crippen molar-refractivity contribution in [2.75, 3.05) is 13.2 Å². The third-order valence-electron chi connectivity index (χ3n) is 3.81. The van der Waals surface area contributed by atoms with Crippen LogP contribution in [-0.4, -0.2) is 18.1 Å². The number of rotatable bonds is 7. The quantitative estimate of drug-likeness (QED) is 0.633. The first-order valence-corrected chi connectivity index (χ1v) is 7.84. The number of aromatic nitrogens is 1. The van der Waals surface area contributed by atoms with E-state index in [-0.39, 0.29) is 12.4 Å². The van der Waals surface area contributed by atoms with Gasteiger partial charge >= 0.3 is 0 Å². The second kappa shape index (κ2) is 8.61. The van der Waals surface area contributed by atoms with Crippen molar-refractivity contribution in [1.29, 1.82) is 0 Å². The number of halogens is 1.